The zero-order valence-corrected chi connectivity index (χ0v) is 14.3. The van der Waals surface area contributed by atoms with Gasteiger partial charge in [-0.3, -0.25) is 9.48 Å². The summed E-state index contributed by atoms with van der Waals surface area (Å²) in [6.07, 6.45) is 5.17. The number of carbonyl (C=O) groups excluding carboxylic acids is 1. The first kappa shape index (κ1) is 15.9. The predicted octanol–water partition coefficient (Wildman–Crippen LogP) is 1.42. The van der Waals surface area contributed by atoms with Crippen molar-refractivity contribution < 1.29 is 4.79 Å². The molecule has 9 heteroatoms. The van der Waals surface area contributed by atoms with Gasteiger partial charge in [-0.15, -0.1) is 5.10 Å². The summed E-state index contributed by atoms with van der Waals surface area (Å²) in [4.78, 5) is 16.6. The molecule has 0 radical (unpaired) electrons. The van der Waals surface area contributed by atoms with Crippen LogP contribution in [-0.4, -0.2) is 40.2 Å². The van der Waals surface area contributed by atoms with Crippen LogP contribution in [-0.2, 0) is 19.6 Å². The highest BCUT2D eigenvalue weighted by Crippen LogP contribution is 2.20. The molecule has 0 aliphatic heterocycles. The van der Waals surface area contributed by atoms with Crippen molar-refractivity contribution in [2.24, 2.45) is 14.1 Å². The maximum absolute atomic E-state index is 12.4. The first-order valence-electron chi connectivity index (χ1n) is 7.51. The highest BCUT2D eigenvalue weighted by molar-refractivity contribution is 6.02. The van der Waals surface area contributed by atoms with Crippen LogP contribution >= 0.6 is 0 Å². The molecule has 3 aromatic rings. The van der Waals surface area contributed by atoms with Gasteiger partial charge in [-0.25, -0.2) is 9.67 Å². The minimum Gasteiger partial charge on any atom is -0.333 e. The van der Waals surface area contributed by atoms with E-state index in [4.69, 9.17) is 0 Å². The fraction of sp³-hybridized carbons (Fsp3) is 0.400. The molecule has 0 bridgehead atoms. The van der Waals surface area contributed by atoms with Crippen molar-refractivity contribution in [3.8, 4) is 11.5 Å². The normalized spacial score (nSPS) is 11.7. The average molecular weight is 328 g/mol. The molecule has 3 aromatic heterocycles. The summed E-state index contributed by atoms with van der Waals surface area (Å²) in [7, 11) is 3.65. The van der Waals surface area contributed by atoms with E-state index < -0.39 is 0 Å². The van der Waals surface area contributed by atoms with Crippen LogP contribution < -0.4 is 5.32 Å². The van der Waals surface area contributed by atoms with Crippen molar-refractivity contribution in [2.45, 2.75) is 26.3 Å². The molecule has 24 heavy (non-hydrogen) atoms. The van der Waals surface area contributed by atoms with Gasteiger partial charge in [0.2, 0.25) is 0 Å². The summed E-state index contributed by atoms with van der Waals surface area (Å²) >= 11 is 0. The van der Waals surface area contributed by atoms with Crippen molar-refractivity contribution >= 4 is 11.7 Å². The number of anilines is 1. The van der Waals surface area contributed by atoms with E-state index in [9.17, 15) is 4.79 Å². The lowest BCUT2D eigenvalue weighted by atomic mass is 10.1. The van der Waals surface area contributed by atoms with Gasteiger partial charge in [0.1, 0.15) is 11.5 Å². The Bertz CT molecular complexity index is 880. The molecule has 1 amide bonds. The van der Waals surface area contributed by atoms with Crippen molar-refractivity contribution in [2.75, 3.05) is 5.32 Å². The van der Waals surface area contributed by atoms with E-state index in [0.717, 1.165) is 5.82 Å². The Hall–Kier alpha value is -2.97. The van der Waals surface area contributed by atoms with E-state index in [1.54, 1.807) is 34.9 Å². The highest BCUT2D eigenvalue weighted by Gasteiger charge is 2.19. The monoisotopic (exact) mass is 328 g/mol. The standard InChI is InChI=1S/C15H20N8O/c1-15(2,3)23-9-11(18-20-23)14(24)17-12-8-10(19-22(12)5)13-16-6-7-21(13)4/h6-9H,1-5H3,(H,17,24). The Morgan fingerprint density at radius 1 is 1.25 bits per heavy atom. The number of nitrogens with zero attached hydrogens (tertiary/aromatic N) is 7. The van der Waals surface area contributed by atoms with Gasteiger partial charge in [0.05, 0.1) is 11.7 Å². The van der Waals surface area contributed by atoms with Gasteiger partial charge in [0.25, 0.3) is 5.91 Å². The number of amides is 1. The second kappa shape index (κ2) is 5.59. The lowest BCUT2D eigenvalue weighted by Crippen LogP contribution is -2.22. The fourth-order valence-electron chi connectivity index (χ4n) is 2.18. The van der Waals surface area contributed by atoms with Crippen LogP contribution in [0.15, 0.2) is 24.7 Å². The molecule has 3 heterocycles. The smallest absolute Gasteiger partial charge is 0.278 e. The minimum atomic E-state index is -0.333. The second-order valence-electron chi connectivity index (χ2n) is 6.57. The van der Waals surface area contributed by atoms with Crippen LogP contribution in [0, 0.1) is 0 Å². The molecular weight excluding hydrogens is 308 g/mol. The van der Waals surface area contributed by atoms with Gasteiger partial charge < -0.3 is 9.88 Å². The number of nitrogens with one attached hydrogen (secondary N) is 1. The molecule has 0 spiro atoms. The van der Waals surface area contributed by atoms with Gasteiger partial charge in [-0.05, 0) is 20.8 Å². The van der Waals surface area contributed by atoms with E-state index in [1.807, 2.05) is 38.6 Å². The molecule has 0 atom stereocenters. The van der Waals surface area contributed by atoms with Crippen LogP contribution in [0.1, 0.15) is 31.3 Å². The Morgan fingerprint density at radius 2 is 2.00 bits per heavy atom. The fourth-order valence-corrected chi connectivity index (χ4v) is 2.18. The molecule has 0 aliphatic carbocycles. The topological polar surface area (TPSA) is 95.5 Å². The zero-order valence-electron chi connectivity index (χ0n) is 14.3. The van der Waals surface area contributed by atoms with E-state index >= 15 is 0 Å². The van der Waals surface area contributed by atoms with Crippen LogP contribution in [0.2, 0.25) is 0 Å². The SMILES string of the molecule is Cn1ccnc1-c1cc(NC(=O)c2cn(C(C)(C)C)nn2)n(C)n1. The van der Waals surface area contributed by atoms with Crippen LogP contribution in [0.4, 0.5) is 5.82 Å². The molecular formula is C15H20N8O. The highest BCUT2D eigenvalue weighted by atomic mass is 16.2. The van der Waals surface area contributed by atoms with Crippen molar-refractivity contribution in [3.05, 3.63) is 30.4 Å². The number of hydrogen-bond acceptors (Lipinski definition) is 5. The first-order valence-corrected chi connectivity index (χ1v) is 7.51. The molecule has 0 fully saturated rings. The first-order chi connectivity index (χ1) is 11.3. The number of aryl methyl sites for hydroxylation is 2. The average Bonchev–Trinajstić information content (AvgIpc) is 3.18. The summed E-state index contributed by atoms with van der Waals surface area (Å²) in [6, 6.07) is 1.77. The predicted molar refractivity (Wildman–Crippen MR) is 88.4 cm³/mol. The number of imidazole rings is 1. The summed E-state index contributed by atoms with van der Waals surface area (Å²) < 4.78 is 5.11. The Balaban J connectivity index is 1.81. The lowest BCUT2D eigenvalue weighted by molar-refractivity contribution is 0.102. The number of rotatable bonds is 3. The molecule has 126 valence electrons. The largest absolute Gasteiger partial charge is 0.333 e. The third kappa shape index (κ3) is 2.92. The van der Waals surface area contributed by atoms with E-state index in [-0.39, 0.29) is 17.1 Å². The summed E-state index contributed by atoms with van der Waals surface area (Å²) in [5, 5.41) is 15.1. The second-order valence-corrected chi connectivity index (χ2v) is 6.57. The van der Waals surface area contributed by atoms with E-state index in [0.29, 0.717) is 11.5 Å². The molecule has 0 unspecified atom stereocenters. The Kier molecular flexibility index (Phi) is 3.70. The third-order valence-corrected chi connectivity index (χ3v) is 3.59. The van der Waals surface area contributed by atoms with Crippen molar-refractivity contribution in [1.29, 1.82) is 0 Å². The van der Waals surface area contributed by atoms with Crippen LogP contribution in [0.25, 0.3) is 11.5 Å². The van der Waals surface area contributed by atoms with Crippen LogP contribution in [0.3, 0.4) is 0 Å². The summed E-state index contributed by atoms with van der Waals surface area (Å²) in [5.41, 5.74) is 0.701. The summed E-state index contributed by atoms with van der Waals surface area (Å²) in [6.45, 7) is 5.97. The summed E-state index contributed by atoms with van der Waals surface area (Å²) in [5.74, 6) is 0.952. The van der Waals surface area contributed by atoms with Crippen molar-refractivity contribution in [1.82, 2.24) is 34.3 Å². The Labute approximate surface area is 139 Å². The molecule has 0 aliphatic rings. The van der Waals surface area contributed by atoms with Gasteiger partial charge in [0.15, 0.2) is 11.5 Å². The number of carbonyl (C=O) groups is 1. The van der Waals surface area contributed by atoms with Gasteiger partial charge in [-0.2, -0.15) is 5.10 Å². The molecule has 3 rings (SSSR count). The quantitative estimate of drug-likeness (QED) is 0.784. The lowest BCUT2D eigenvalue weighted by Gasteiger charge is -2.17. The van der Waals surface area contributed by atoms with Crippen LogP contribution in [0.5, 0.6) is 0 Å². The molecule has 1 N–H and O–H groups in total. The zero-order chi connectivity index (χ0) is 17.5. The Morgan fingerprint density at radius 3 is 2.58 bits per heavy atom. The van der Waals surface area contributed by atoms with Gasteiger partial charge in [-0.1, -0.05) is 5.21 Å². The third-order valence-electron chi connectivity index (χ3n) is 3.59. The van der Waals surface area contributed by atoms with Crippen molar-refractivity contribution in [3.63, 3.8) is 0 Å². The van der Waals surface area contributed by atoms with E-state index in [2.05, 4.69) is 25.7 Å². The molecule has 0 aromatic carbocycles. The molecule has 0 saturated carbocycles. The van der Waals surface area contributed by atoms with Gasteiger partial charge >= 0.3 is 0 Å². The molecule has 0 saturated heterocycles. The molecule has 9 nitrogen and oxygen atoms in total. The number of hydrogen-bond donors (Lipinski definition) is 1. The minimum absolute atomic E-state index is 0.233. The maximum atomic E-state index is 12.4. The van der Waals surface area contributed by atoms with E-state index in [1.165, 1.54) is 0 Å². The maximum Gasteiger partial charge on any atom is 0.278 e. The van der Waals surface area contributed by atoms with Gasteiger partial charge in [0, 0.05) is 32.6 Å². The number of aromatic nitrogens is 7.